The van der Waals surface area contributed by atoms with Crippen molar-refractivity contribution in [2.45, 2.75) is 25.7 Å². The van der Waals surface area contributed by atoms with E-state index in [0.29, 0.717) is 0 Å². The number of rotatable bonds is 5. The van der Waals surface area contributed by atoms with Gasteiger partial charge in [0.25, 0.3) is 0 Å². The Hall–Kier alpha value is -2.71. The van der Waals surface area contributed by atoms with Gasteiger partial charge < -0.3 is 14.5 Å². The van der Waals surface area contributed by atoms with Crippen molar-refractivity contribution in [3.8, 4) is 0 Å². The zero-order valence-electron chi connectivity index (χ0n) is 17.6. The second kappa shape index (κ2) is 8.57. The van der Waals surface area contributed by atoms with Crippen LogP contribution in [0.5, 0.6) is 0 Å². The van der Waals surface area contributed by atoms with Crippen LogP contribution in [0.1, 0.15) is 25.1 Å². The molecular formula is C22H27N5O2S. The number of carbonyl (C=O) groups is 1. The van der Waals surface area contributed by atoms with E-state index in [9.17, 15) is 4.79 Å². The summed E-state index contributed by atoms with van der Waals surface area (Å²) in [5.41, 5.74) is 6.88. The molecule has 0 bridgehead atoms. The molecule has 2 aliphatic heterocycles. The Morgan fingerprint density at radius 2 is 2.10 bits per heavy atom. The van der Waals surface area contributed by atoms with Gasteiger partial charge in [-0.05, 0) is 17.7 Å². The van der Waals surface area contributed by atoms with Crippen LogP contribution in [-0.4, -0.2) is 50.5 Å². The number of hydrazone groups is 1. The number of carbonyl (C=O) groups excluding carboxylic acids is 1. The molecule has 0 saturated carbocycles. The molecule has 2 aromatic rings. The van der Waals surface area contributed by atoms with Crippen molar-refractivity contribution >= 4 is 34.3 Å². The van der Waals surface area contributed by atoms with E-state index in [-0.39, 0.29) is 17.7 Å². The largest absolute Gasteiger partial charge is 0.378 e. The number of thiazole rings is 1. The summed E-state index contributed by atoms with van der Waals surface area (Å²) < 4.78 is 5.37. The molecule has 0 unspecified atom stereocenters. The average molecular weight is 426 g/mol. The first kappa shape index (κ1) is 20.6. The summed E-state index contributed by atoms with van der Waals surface area (Å²) in [5, 5.41) is 6.99. The van der Waals surface area contributed by atoms with Crippen molar-refractivity contribution in [3.05, 3.63) is 52.7 Å². The molecule has 1 saturated heterocycles. The zero-order chi connectivity index (χ0) is 21.1. The number of nitrogens with zero attached hydrogens (tertiary/aromatic N) is 4. The van der Waals surface area contributed by atoms with Crippen LogP contribution >= 0.6 is 11.3 Å². The first-order chi connectivity index (χ1) is 14.5. The number of allylic oxidation sites excluding steroid dienone is 2. The molecule has 0 spiro atoms. The van der Waals surface area contributed by atoms with Crippen molar-refractivity contribution in [1.82, 2.24) is 10.4 Å². The molecule has 7 nitrogen and oxygen atoms in total. The summed E-state index contributed by atoms with van der Waals surface area (Å²) in [6, 6.07) is 8.39. The van der Waals surface area contributed by atoms with Gasteiger partial charge in [-0.2, -0.15) is 5.10 Å². The maximum Gasteiger partial charge on any atom is 0.246 e. The van der Waals surface area contributed by atoms with E-state index < -0.39 is 0 Å². The number of anilines is 2. The molecule has 1 fully saturated rings. The van der Waals surface area contributed by atoms with Crippen LogP contribution in [-0.2, 0) is 21.4 Å². The van der Waals surface area contributed by atoms with E-state index in [1.165, 1.54) is 11.3 Å². The van der Waals surface area contributed by atoms with Gasteiger partial charge in [0, 0.05) is 48.5 Å². The lowest BCUT2D eigenvalue weighted by atomic mass is 9.84. The highest BCUT2D eigenvalue weighted by Gasteiger charge is 2.37. The highest BCUT2D eigenvalue weighted by atomic mass is 32.1. The number of amides is 1. The van der Waals surface area contributed by atoms with Crippen LogP contribution in [0.25, 0.3) is 0 Å². The maximum absolute atomic E-state index is 12.2. The smallest absolute Gasteiger partial charge is 0.246 e. The predicted octanol–water partition coefficient (Wildman–Crippen LogP) is 2.94. The maximum atomic E-state index is 12.2. The number of morpholine rings is 1. The van der Waals surface area contributed by atoms with Crippen LogP contribution in [0.15, 0.2) is 46.5 Å². The normalized spacial score (nSPS) is 19.5. The zero-order valence-corrected chi connectivity index (χ0v) is 18.4. The number of ether oxygens (including phenoxy) is 1. The molecule has 0 atom stereocenters. The number of fused-ring (bicyclic) bond motifs is 1. The van der Waals surface area contributed by atoms with E-state index >= 15 is 0 Å². The van der Waals surface area contributed by atoms with E-state index in [4.69, 9.17) is 4.74 Å². The lowest BCUT2D eigenvalue weighted by molar-refractivity contribution is -0.120. The van der Waals surface area contributed by atoms with Crippen LogP contribution in [0.2, 0.25) is 0 Å². The second-order valence-electron chi connectivity index (χ2n) is 7.96. The van der Waals surface area contributed by atoms with Crippen molar-refractivity contribution in [3.63, 3.8) is 0 Å². The molecule has 1 N–H and O–H groups in total. The van der Waals surface area contributed by atoms with E-state index in [1.807, 2.05) is 17.5 Å². The molecule has 1 amide bonds. The van der Waals surface area contributed by atoms with Crippen molar-refractivity contribution in [1.29, 1.82) is 0 Å². The summed E-state index contributed by atoms with van der Waals surface area (Å²) in [7, 11) is 2.06. The fourth-order valence-electron chi connectivity index (χ4n) is 4.00. The number of nitrogens with one attached hydrogen (secondary N) is 1. The van der Waals surface area contributed by atoms with Crippen molar-refractivity contribution < 1.29 is 9.53 Å². The molecule has 8 heteroatoms. The highest BCUT2D eigenvalue weighted by Crippen LogP contribution is 2.46. The van der Waals surface area contributed by atoms with Crippen molar-refractivity contribution in [2.75, 3.05) is 43.2 Å². The highest BCUT2D eigenvalue weighted by molar-refractivity contribution is 7.13. The SMILES string of the molecule is CN1/C(=C\C=N/NC(=O)Cc2csc(N3CCOCC3)n2)C(C)(C)c2ccccc21. The molecule has 1 aromatic carbocycles. The minimum atomic E-state index is -0.175. The van der Waals surface area contributed by atoms with Gasteiger partial charge in [0.05, 0.1) is 25.3 Å². The van der Waals surface area contributed by atoms with Gasteiger partial charge in [-0.3, -0.25) is 4.79 Å². The number of para-hydroxylation sites is 1. The minimum absolute atomic E-state index is 0.113. The Bertz CT molecular complexity index is 975. The standard InChI is InChI=1S/C22H27N5O2S/c1-22(2)17-6-4-5-7-18(17)26(3)19(22)8-9-23-25-20(28)14-16-15-30-21(24-16)27-10-12-29-13-11-27/h4-9,15H,10-14H2,1-3H3,(H,25,28)/b19-8-,23-9-. The summed E-state index contributed by atoms with van der Waals surface area (Å²) in [4.78, 5) is 21.2. The number of aromatic nitrogens is 1. The summed E-state index contributed by atoms with van der Waals surface area (Å²) in [6.07, 6.45) is 3.82. The quantitative estimate of drug-likeness (QED) is 0.589. The third-order valence-corrected chi connectivity index (χ3v) is 6.55. The molecular weight excluding hydrogens is 398 g/mol. The average Bonchev–Trinajstić information content (AvgIpc) is 3.28. The van der Waals surface area contributed by atoms with Gasteiger partial charge in [-0.15, -0.1) is 11.3 Å². The molecule has 1 aromatic heterocycles. The van der Waals surface area contributed by atoms with Crippen molar-refractivity contribution in [2.24, 2.45) is 5.10 Å². The van der Waals surface area contributed by atoms with Gasteiger partial charge in [-0.25, -0.2) is 10.4 Å². The molecule has 4 rings (SSSR count). The lowest BCUT2D eigenvalue weighted by Crippen LogP contribution is -2.36. The topological polar surface area (TPSA) is 70.1 Å². The summed E-state index contributed by atoms with van der Waals surface area (Å²) >= 11 is 1.56. The Kier molecular flexibility index (Phi) is 5.87. The van der Waals surface area contributed by atoms with Gasteiger partial charge in [0.15, 0.2) is 5.13 Å². The Labute approximate surface area is 181 Å². The number of likely N-dealkylation sites (N-methyl/N-ethyl adjacent to an activating group) is 1. The Morgan fingerprint density at radius 3 is 2.87 bits per heavy atom. The third-order valence-electron chi connectivity index (χ3n) is 5.60. The van der Waals surface area contributed by atoms with E-state index in [1.54, 1.807) is 17.6 Å². The van der Waals surface area contributed by atoms with Gasteiger partial charge in [0.1, 0.15) is 0 Å². The molecule has 0 radical (unpaired) electrons. The first-order valence-corrected chi connectivity index (χ1v) is 11.0. The van der Waals surface area contributed by atoms with Crippen LogP contribution in [0.3, 0.4) is 0 Å². The van der Waals surface area contributed by atoms with Gasteiger partial charge in [-0.1, -0.05) is 32.0 Å². The molecule has 0 aliphatic carbocycles. The monoisotopic (exact) mass is 425 g/mol. The lowest BCUT2D eigenvalue weighted by Gasteiger charge is -2.26. The first-order valence-electron chi connectivity index (χ1n) is 10.1. The molecule has 30 heavy (non-hydrogen) atoms. The van der Waals surface area contributed by atoms with Crippen LogP contribution < -0.4 is 15.2 Å². The summed E-state index contributed by atoms with van der Waals surface area (Å²) in [6.45, 7) is 7.51. The Morgan fingerprint density at radius 1 is 1.33 bits per heavy atom. The third kappa shape index (κ3) is 4.11. The number of benzene rings is 1. The molecule has 3 heterocycles. The molecule has 158 valence electrons. The fraction of sp³-hybridized carbons (Fsp3) is 0.409. The van der Waals surface area contributed by atoms with Gasteiger partial charge in [0.2, 0.25) is 5.91 Å². The Balaban J connectivity index is 1.34. The van der Waals surface area contributed by atoms with E-state index in [2.05, 4.69) is 64.4 Å². The number of hydrogen-bond donors (Lipinski definition) is 1. The second-order valence-corrected chi connectivity index (χ2v) is 8.80. The van der Waals surface area contributed by atoms with Crippen LogP contribution in [0.4, 0.5) is 10.8 Å². The number of hydrogen-bond acceptors (Lipinski definition) is 7. The fourth-order valence-corrected chi connectivity index (χ4v) is 4.88. The molecule has 2 aliphatic rings. The summed E-state index contributed by atoms with van der Waals surface area (Å²) in [5.74, 6) is -0.175. The van der Waals surface area contributed by atoms with E-state index in [0.717, 1.165) is 42.8 Å². The van der Waals surface area contributed by atoms with Gasteiger partial charge >= 0.3 is 0 Å². The van der Waals surface area contributed by atoms with Crippen LogP contribution in [0, 0.1) is 0 Å². The minimum Gasteiger partial charge on any atom is -0.378 e. The predicted molar refractivity (Wildman–Crippen MR) is 121 cm³/mol.